The normalized spacial score (nSPS) is 13.5. The van der Waals surface area contributed by atoms with E-state index >= 15 is 0 Å². The lowest BCUT2D eigenvalue weighted by atomic mass is 10.1. The Morgan fingerprint density at radius 1 is 1.05 bits per heavy atom. The topological polar surface area (TPSA) is 85.7 Å². The number of nitrogens with zero attached hydrogens (tertiary/aromatic N) is 5. The number of fused-ring (bicyclic) bond motifs is 3. The van der Waals surface area contributed by atoms with Crippen LogP contribution in [-0.4, -0.2) is 22.7 Å². The van der Waals surface area contributed by atoms with Crippen LogP contribution in [0.15, 0.2) is 29.3 Å². The van der Waals surface area contributed by atoms with Crippen LogP contribution in [0.5, 0.6) is 0 Å². The molecule has 1 heterocycles. The summed E-state index contributed by atoms with van der Waals surface area (Å²) in [6, 6.07) is 11.5. The summed E-state index contributed by atoms with van der Waals surface area (Å²) < 4.78 is 0. The molecule has 19 heavy (non-hydrogen) atoms. The molecule has 1 aromatic carbocycles. The molecule has 1 aliphatic rings. The Balaban J connectivity index is 2.46. The molecule has 0 radical (unpaired) electrons. The van der Waals surface area contributed by atoms with E-state index < -0.39 is 0 Å². The number of aromatic nitrogens is 2. The van der Waals surface area contributed by atoms with Crippen molar-refractivity contribution in [1.29, 1.82) is 10.5 Å². The smallest absolute Gasteiger partial charge is 0.234 e. The summed E-state index contributed by atoms with van der Waals surface area (Å²) in [5, 5.41) is 18.2. The standard InChI is InChI=1S/C14H7N5/c1-17-13-9-5-3-2-4-8(9)12-10(6-15)18-11(7-16)19-14(12)13/h2-5H,1H3. The number of benzene rings is 1. The van der Waals surface area contributed by atoms with Crippen LogP contribution in [0.1, 0.15) is 22.8 Å². The van der Waals surface area contributed by atoms with E-state index in [-0.39, 0.29) is 11.5 Å². The summed E-state index contributed by atoms with van der Waals surface area (Å²) in [5.41, 5.74) is 3.94. The fourth-order valence-corrected chi connectivity index (χ4v) is 2.28. The van der Waals surface area contributed by atoms with Gasteiger partial charge in [-0.15, -0.1) is 0 Å². The lowest BCUT2D eigenvalue weighted by Crippen LogP contribution is -2.05. The maximum Gasteiger partial charge on any atom is 0.234 e. The van der Waals surface area contributed by atoms with E-state index in [4.69, 9.17) is 5.26 Å². The molecule has 0 N–H and O–H groups in total. The number of hydrogen-bond donors (Lipinski definition) is 0. The Morgan fingerprint density at radius 3 is 2.42 bits per heavy atom. The van der Waals surface area contributed by atoms with Crippen LogP contribution in [0, 0.1) is 22.7 Å². The van der Waals surface area contributed by atoms with Crippen molar-refractivity contribution in [3.63, 3.8) is 0 Å². The van der Waals surface area contributed by atoms with E-state index in [1.165, 1.54) is 0 Å². The minimum absolute atomic E-state index is 0.00995. The van der Waals surface area contributed by atoms with Gasteiger partial charge in [-0.1, -0.05) is 24.3 Å². The third-order valence-electron chi connectivity index (χ3n) is 3.01. The predicted molar refractivity (Wildman–Crippen MR) is 68.5 cm³/mol. The van der Waals surface area contributed by atoms with Gasteiger partial charge < -0.3 is 0 Å². The molecule has 0 unspecified atom stereocenters. The van der Waals surface area contributed by atoms with Gasteiger partial charge in [0.15, 0.2) is 5.69 Å². The number of aliphatic imine (C=N–C) groups is 1. The molecule has 0 saturated carbocycles. The third kappa shape index (κ3) is 1.42. The molecular formula is C14H7N5. The van der Waals surface area contributed by atoms with Gasteiger partial charge in [-0.2, -0.15) is 10.5 Å². The Kier molecular flexibility index (Phi) is 2.33. The highest BCUT2D eigenvalue weighted by Crippen LogP contribution is 2.37. The minimum Gasteiger partial charge on any atom is -0.286 e. The molecule has 5 nitrogen and oxygen atoms in total. The number of rotatable bonds is 0. The van der Waals surface area contributed by atoms with Crippen molar-refractivity contribution < 1.29 is 0 Å². The highest BCUT2D eigenvalue weighted by atomic mass is 14.9. The van der Waals surface area contributed by atoms with Crippen LogP contribution in [0.4, 0.5) is 0 Å². The average molecular weight is 245 g/mol. The fourth-order valence-electron chi connectivity index (χ4n) is 2.28. The molecular weight excluding hydrogens is 238 g/mol. The van der Waals surface area contributed by atoms with Crippen LogP contribution in [0.25, 0.3) is 11.1 Å². The summed E-state index contributed by atoms with van der Waals surface area (Å²) in [6.45, 7) is 0. The highest BCUT2D eigenvalue weighted by molar-refractivity contribution is 6.23. The van der Waals surface area contributed by atoms with Gasteiger partial charge >= 0.3 is 0 Å². The van der Waals surface area contributed by atoms with E-state index in [1.54, 1.807) is 7.05 Å². The van der Waals surface area contributed by atoms with Gasteiger partial charge in [0, 0.05) is 18.2 Å². The van der Waals surface area contributed by atoms with Gasteiger partial charge in [-0.3, -0.25) is 4.99 Å². The number of hydrogen-bond acceptors (Lipinski definition) is 5. The van der Waals surface area contributed by atoms with Crippen LogP contribution in [-0.2, 0) is 0 Å². The Labute approximate surface area is 109 Å². The monoisotopic (exact) mass is 245 g/mol. The first kappa shape index (κ1) is 11.1. The van der Waals surface area contributed by atoms with E-state index in [0.717, 1.165) is 11.1 Å². The summed E-state index contributed by atoms with van der Waals surface area (Å²) in [7, 11) is 1.67. The molecule has 0 spiro atoms. The molecule has 2 aromatic rings. The van der Waals surface area contributed by atoms with Crippen molar-refractivity contribution in [1.82, 2.24) is 9.97 Å². The molecule has 0 bridgehead atoms. The van der Waals surface area contributed by atoms with Crippen molar-refractivity contribution in [3.05, 3.63) is 47.0 Å². The Hall–Kier alpha value is -3.05. The highest BCUT2D eigenvalue weighted by Gasteiger charge is 2.29. The number of nitriles is 2. The van der Waals surface area contributed by atoms with Crippen LogP contribution >= 0.6 is 0 Å². The second-order valence-electron chi connectivity index (χ2n) is 3.96. The molecule has 0 atom stereocenters. The average Bonchev–Trinajstić information content (AvgIpc) is 2.79. The molecule has 0 aliphatic heterocycles. The first-order valence-corrected chi connectivity index (χ1v) is 5.59. The second-order valence-corrected chi connectivity index (χ2v) is 3.96. The van der Waals surface area contributed by atoms with Crippen molar-refractivity contribution in [3.8, 4) is 23.3 Å². The summed E-state index contributed by atoms with van der Waals surface area (Å²) >= 11 is 0. The molecule has 5 heteroatoms. The third-order valence-corrected chi connectivity index (χ3v) is 3.01. The van der Waals surface area contributed by atoms with Crippen LogP contribution in [0.3, 0.4) is 0 Å². The van der Waals surface area contributed by atoms with Crippen molar-refractivity contribution in [2.75, 3.05) is 7.05 Å². The second kappa shape index (κ2) is 4.01. The SMILES string of the molecule is CN=C1c2ccccc2-c2c(C#N)nc(C#N)nc21. The molecule has 3 rings (SSSR count). The Morgan fingerprint density at radius 2 is 1.79 bits per heavy atom. The molecule has 1 aromatic heterocycles. The molecule has 88 valence electrons. The van der Waals surface area contributed by atoms with E-state index in [9.17, 15) is 5.26 Å². The van der Waals surface area contributed by atoms with Crippen molar-refractivity contribution >= 4 is 5.71 Å². The summed E-state index contributed by atoms with van der Waals surface area (Å²) in [6.07, 6.45) is 0. The van der Waals surface area contributed by atoms with Gasteiger partial charge in [0.2, 0.25) is 5.82 Å². The van der Waals surface area contributed by atoms with Gasteiger partial charge in [0.05, 0.1) is 5.71 Å². The molecule has 0 saturated heterocycles. The minimum atomic E-state index is -0.00995. The first-order valence-electron chi connectivity index (χ1n) is 5.59. The van der Waals surface area contributed by atoms with Crippen molar-refractivity contribution in [2.45, 2.75) is 0 Å². The zero-order valence-corrected chi connectivity index (χ0v) is 10.0. The molecule has 0 amide bonds. The summed E-state index contributed by atoms with van der Waals surface area (Å²) in [5.74, 6) is -0.00995. The maximum atomic E-state index is 9.22. The van der Waals surface area contributed by atoms with Gasteiger partial charge in [0.1, 0.15) is 17.8 Å². The molecule has 0 fully saturated rings. The van der Waals surface area contributed by atoms with Crippen LogP contribution in [0.2, 0.25) is 0 Å². The summed E-state index contributed by atoms with van der Waals surface area (Å²) in [4.78, 5) is 12.4. The van der Waals surface area contributed by atoms with Gasteiger partial charge in [0.25, 0.3) is 0 Å². The maximum absolute atomic E-state index is 9.22. The van der Waals surface area contributed by atoms with Gasteiger partial charge in [-0.05, 0) is 5.56 Å². The van der Waals surface area contributed by atoms with Crippen molar-refractivity contribution in [2.24, 2.45) is 4.99 Å². The van der Waals surface area contributed by atoms with Crippen LogP contribution < -0.4 is 0 Å². The van der Waals surface area contributed by atoms with E-state index in [2.05, 4.69) is 15.0 Å². The quantitative estimate of drug-likeness (QED) is 0.602. The zero-order valence-electron chi connectivity index (χ0n) is 10.0. The van der Waals surface area contributed by atoms with E-state index in [0.29, 0.717) is 17.0 Å². The van der Waals surface area contributed by atoms with Gasteiger partial charge in [-0.25, -0.2) is 9.97 Å². The largest absolute Gasteiger partial charge is 0.286 e. The predicted octanol–water partition coefficient (Wildman–Crippen LogP) is 1.67. The lowest BCUT2D eigenvalue weighted by molar-refractivity contribution is 1.09. The Bertz CT molecular complexity index is 806. The van der Waals surface area contributed by atoms with E-state index in [1.807, 2.05) is 36.4 Å². The first-order chi connectivity index (χ1) is 9.30. The molecule has 1 aliphatic carbocycles. The zero-order chi connectivity index (χ0) is 13.4. The fraction of sp³-hybridized carbons (Fsp3) is 0.0714. The lowest BCUT2D eigenvalue weighted by Gasteiger charge is -2.01.